The lowest BCUT2D eigenvalue weighted by Crippen LogP contribution is -2.18. The van der Waals surface area contributed by atoms with Crippen LogP contribution in [-0.4, -0.2) is 16.6 Å². The molecule has 0 atom stereocenters. The lowest BCUT2D eigenvalue weighted by Gasteiger charge is -2.12. The first-order valence-electron chi connectivity index (χ1n) is 5.22. The smallest absolute Gasteiger partial charge is 0.121 e. The van der Waals surface area contributed by atoms with Crippen LogP contribution in [0.1, 0.15) is 19.4 Å². The van der Waals surface area contributed by atoms with Gasteiger partial charge in [0.1, 0.15) is 5.60 Å². The molecule has 1 aliphatic rings. The fraction of sp³-hybridized carbons (Fsp3) is 0.385. The van der Waals surface area contributed by atoms with E-state index in [0.717, 1.165) is 11.6 Å². The molecule has 0 aromatic heterocycles. The first-order valence-corrected chi connectivity index (χ1v) is 6.20. The van der Waals surface area contributed by atoms with Gasteiger partial charge in [0.05, 0.1) is 11.6 Å². The zero-order chi connectivity index (χ0) is 11.8. The van der Waals surface area contributed by atoms with Crippen LogP contribution in [0.15, 0.2) is 23.1 Å². The summed E-state index contributed by atoms with van der Waals surface area (Å²) in [4.78, 5) is 3.25. The van der Waals surface area contributed by atoms with Crippen LogP contribution in [0.4, 0.5) is 5.69 Å². The molecule has 0 saturated carbocycles. The summed E-state index contributed by atoms with van der Waals surface area (Å²) in [6, 6.07) is 9.39. The highest BCUT2D eigenvalue weighted by atomic mass is 32.2. The second-order valence-electron chi connectivity index (χ2n) is 4.47. The molecule has 1 N–H and O–H groups in total. The molecule has 0 radical (unpaired) electrons. The van der Waals surface area contributed by atoms with Crippen LogP contribution in [0.25, 0.3) is 0 Å². The van der Waals surface area contributed by atoms with Crippen LogP contribution in [0, 0.1) is 18.9 Å². The van der Waals surface area contributed by atoms with Crippen molar-refractivity contribution in [2.24, 2.45) is 0 Å². The molecule has 3 heteroatoms. The van der Waals surface area contributed by atoms with Gasteiger partial charge in [-0.2, -0.15) is 0 Å². The van der Waals surface area contributed by atoms with Crippen molar-refractivity contribution >= 4 is 17.4 Å². The van der Waals surface area contributed by atoms with Crippen LogP contribution in [0.5, 0.6) is 0 Å². The molecule has 0 aliphatic carbocycles. The van der Waals surface area contributed by atoms with Crippen molar-refractivity contribution in [3.63, 3.8) is 0 Å². The van der Waals surface area contributed by atoms with Crippen molar-refractivity contribution in [2.75, 3.05) is 10.8 Å². The number of hydrogen-bond donors (Lipinski definition) is 1. The van der Waals surface area contributed by atoms with Gasteiger partial charge < -0.3 is 5.11 Å². The molecule has 0 bridgehead atoms. The minimum Gasteiger partial charge on any atom is -0.378 e. The molecule has 0 spiro atoms. The number of nitrogens with zero attached hydrogens (tertiary/aromatic N) is 1. The van der Waals surface area contributed by atoms with Crippen LogP contribution < -0.4 is 4.90 Å². The topological polar surface area (TPSA) is 23.5 Å². The minimum atomic E-state index is -0.933. The van der Waals surface area contributed by atoms with Crippen molar-refractivity contribution in [3.05, 3.63) is 23.8 Å². The molecule has 84 valence electrons. The Balaban J connectivity index is 2.29. The summed E-state index contributed by atoms with van der Waals surface area (Å²) in [7, 11) is 0. The van der Waals surface area contributed by atoms with Gasteiger partial charge in [-0.3, -0.25) is 4.90 Å². The molecule has 1 heterocycles. The average Bonchev–Trinajstić information content (AvgIpc) is 2.56. The van der Waals surface area contributed by atoms with E-state index in [0.29, 0.717) is 0 Å². The second-order valence-corrected chi connectivity index (χ2v) is 5.46. The maximum atomic E-state index is 9.57. The van der Waals surface area contributed by atoms with Gasteiger partial charge in [0.25, 0.3) is 0 Å². The lowest BCUT2D eigenvalue weighted by molar-refractivity contribution is 0.143. The maximum absolute atomic E-state index is 9.57. The van der Waals surface area contributed by atoms with Crippen molar-refractivity contribution in [1.29, 1.82) is 0 Å². The average molecular weight is 233 g/mol. The summed E-state index contributed by atoms with van der Waals surface area (Å²) in [6.07, 6.45) is 0. The highest BCUT2D eigenvalue weighted by Crippen LogP contribution is 2.38. The molecule has 16 heavy (non-hydrogen) atoms. The Hall–Kier alpha value is -1.11. The van der Waals surface area contributed by atoms with E-state index in [1.807, 2.05) is 4.90 Å². The first-order chi connectivity index (χ1) is 7.46. The van der Waals surface area contributed by atoms with Gasteiger partial charge in [-0.1, -0.05) is 6.07 Å². The highest BCUT2D eigenvalue weighted by molar-refractivity contribution is 7.99. The van der Waals surface area contributed by atoms with Gasteiger partial charge in [0, 0.05) is 10.9 Å². The van der Waals surface area contributed by atoms with E-state index in [4.69, 9.17) is 0 Å². The van der Waals surface area contributed by atoms with Crippen LogP contribution in [-0.2, 0) is 0 Å². The second kappa shape index (κ2) is 4.04. The Labute approximate surface area is 101 Å². The van der Waals surface area contributed by atoms with Crippen LogP contribution in [0.2, 0.25) is 0 Å². The van der Waals surface area contributed by atoms with Crippen molar-refractivity contribution < 1.29 is 5.11 Å². The normalized spacial score (nSPS) is 14.4. The third-order valence-electron chi connectivity index (χ3n) is 2.25. The van der Waals surface area contributed by atoms with Crippen molar-refractivity contribution in [2.45, 2.75) is 31.3 Å². The zero-order valence-electron chi connectivity index (χ0n) is 9.74. The Bertz CT molecular complexity index is 465. The standard InChI is InChI=1S/C13H15NOS/c1-10-4-5-12-11(8-10)14(9-16-12)7-6-13(2,3)15/h4-5,8,15H,9H2,1-3H3. The molecule has 1 aromatic rings. The van der Waals surface area contributed by atoms with Crippen molar-refractivity contribution in [3.8, 4) is 12.0 Å². The molecule has 1 aliphatic heterocycles. The van der Waals surface area contributed by atoms with E-state index in [1.165, 1.54) is 10.5 Å². The largest absolute Gasteiger partial charge is 0.378 e. The van der Waals surface area contributed by atoms with E-state index < -0.39 is 5.60 Å². The fourth-order valence-corrected chi connectivity index (χ4v) is 2.41. The summed E-state index contributed by atoms with van der Waals surface area (Å²) >= 11 is 1.78. The molecule has 0 unspecified atom stereocenters. The zero-order valence-corrected chi connectivity index (χ0v) is 10.6. The number of rotatable bonds is 0. The molecule has 2 rings (SSSR count). The number of benzene rings is 1. The summed E-state index contributed by atoms with van der Waals surface area (Å²) in [5.74, 6) is 3.68. The quantitative estimate of drug-likeness (QED) is 0.697. The summed E-state index contributed by atoms with van der Waals surface area (Å²) in [5, 5.41) is 9.57. The molecule has 1 aromatic carbocycles. The van der Waals surface area contributed by atoms with E-state index in [9.17, 15) is 5.11 Å². The molecule has 0 amide bonds. The fourth-order valence-electron chi connectivity index (χ4n) is 1.46. The number of hydrogen-bond acceptors (Lipinski definition) is 3. The lowest BCUT2D eigenvalue weighted by atomic mass is 10.1. The monoisotopic (exact) mass is 233 g/mol. The number of aliphatic hydroxyl groups is 1. The van der Waals surface area contributed by atoms with E-state index in [2.05, 4.69) is 37.1 Å². The molecule has 2 nitrogen and oxygen atoms in total. The minimum absolute atomic E-state index is 0.835. The number of aryl methyl sites for hydroxylation is 1. The van der Waals surface area contributed by atoms with E-state index in [1.54, 1.807) is 25.6 Å². The maximum Gasteiger partial charge on any atom is 0.121 e. The van der Waals surface area contributed by atoms with Gasteiger partial charge in [0.2, 0.25) is 0 Å². The molecular formula is C13H15NOS. The van der Waals surface area contributed by atoms with Crippen LogP contribution in [0.3, 0.4) is 0 Å². The van der Waals surface area contributed by atoms with Gasteiger partial charge in [-0.15, -0.1) is 11.8 Å². The molecule has 0 saturated heterocycles. The number of thioether (sulfide) groups is 1. The van der Waals surface area contributed by atoms with Crippen LogP contribution >= 0.6 is 11.8 Å². The molecular weight excluding hydrogens is 218 g/mol. The van der Waals surface area contributed by atoms with Gasteiger partial charge >= 0.3 is 0 Å². The Morgan fingerprint density at radius 1 is 1.44 bits per heavy atom. The Morgan fingerprint density at radius 3 is 2.88 bits per heavy atom. The molecule has 0 fully saturated rings. The summed E-state index contributed by atoms with van der Waals surface area (Å²) < 4.78 is 0. The summed E-state index contributed by atoms with van der Waals surface area (Å²) in [5.41, 5.74) is 1.45. The van der Waals surface area contributed by atoms with Gasteiger partial charge in [0.15, 0.2) is 0 Å². The summed E-state index contributed by atoms with van der Waals surface area (Å²) in [6.45, 7) is 5.46. The number of fused-ring (bicyclic) bond motifs is 1. The predicted molar refractivity (Wildman–Crippen MR) is 68.5 cm³/mol. The van der Waals surface area contributed by atoms with Gasteiger partial charge in [-0.25, -0.2) is 0 Å². The predicted octanol–water partition coefficient (Wildman–Crippen LogP) is 2.60. The van der Waals surface area contributed by atoms with E-state index in [-0.39, 0.29) is 0 Å². The van der Waals surface area contributed by atoms with Crippen molar-refractivity contribution in [1.82, 2.24) is 0 Å². The number of anilines is 1. The highest BCUT2D eigenvalue weighted by Gasteiger charge is 2.18. The van der Waals surface area contributed by atoms with Gasteiger partial charge in [-0.05, 0) is 44.4 Å². The third kappa shape index (κ3) is 2.52. The first kappa shape index (κ1) is 11.4. The third-order valence-corrected chi connectivity index (χ3v) is 3.29. The Kier molecular flexibility index (Phi) is 2.88. The SMILES string of the molecule is Cc1ccc2c(c1)N(C#CC(C)(C)O)CS2. The van der Waals surface area contributed by atoms with E-state index >= 15 is 0 Å². The Morgan fingerprint density at radius 2 is 2.19 bits per heavy atom.